The third kappa shape index (κ3) is 3.12. The van der Waals surface area contributed by atoms with Crippen molar-refractivity contribution in [3.05, 3.63) is 84.4 Å². The van der Waals surface area contributed by atoms with Crippen LogP contribution in [0.3, 0.4) is 0 Å². The molecule has 4 heteroatoms. The monoisotopic (exact) mass is 276 g/mol. The summed E-state index contributed by atoms with van der Waals surface area (Å²) in [4.78, 5) is 20.0. The summed E-state index contributed by atoms with van der Waals surface area (Å²) >= 11 is 0. The lowest BCUT2D eigenvalue weighted by atomic mass is 10.1. The van der Waals surface area contributed by atoms with Crippen molar-refractivity contribution in [2.75, 3.05) is 0 Å². The van der Waals surface area contributed by atoms with Gasteiger partial charge in [0.1, 0.15) is 17.8 Å². The Morgan fingerprint density at radius 1 is 0.810 bits per heavy atom. The fourth-order valence-electron chi connectivity index (χ4n) is 1.91. The Balaban J connectivity index is 1.85. The van der Waals surface area contributed by atoms with E-state index >= 15 is 0 Å². The highest BCUT2D eigenvalue weighted by molar-refractivity contribution is 6.08. The molecule has 0 aliphatic heterocycles. The molecule has 0 saturated carbocycles. The fraction of sp³-hybridized carbons (Fsp3) is 0. The summed E-state index contributed by atoms with van der Waals surface area (Å²) in [6.07, 6.45) is 4.39. The fourth-order valence-corrected chi connectivity index (χ4v) is 1.91. The molecule has 0 bridgehead atoms. The van der Waals surface area contributed by atoms with Gasteiger partial charge in [-0.15, -0.1) is 0 Å². The first kappa shape index (κ1) is 13.0. The van der Waals surface area contributed by atoms with Crippen LogP contribution in [0, 0.1) is 0 Å². The predicted molar refractivity (Wildman–Crippen MR) is 78.4 cm³/mol. The maximum absolute atomic E-state index is 12.3. The van der Waals surface area contributed by atoms with Crippen molar-refractivity contribution in [1.82, 2.24) is 9.97 Å². The molecule has 0 saturated heterocycles. The molecule has 0 aliphatic rings. The number of hydrogen-bond acceptors (Lipinski definition) is 4. The van der Waals surface area contributed by atoms with Gasteiger partial charge >= 0.3 is 0 Å². The summed E-state index contributed by atoms with van der Waals surface area (Å²) < 4.78 is 5.72. The number of ketones is 1. The van der Waals surface area contributed by atoms with Crippen LogP contribution in [-0.4, -0.2) is 15.8 Å². The van der Waals surface area contributed by atoms with Gasteiger partial charge < -0.3 is 4.74 Å². The summed E-state index contributed by atoms with van der Waals surface area (Å²) in [5.41, 5.74) is 0.993. The van der Waals surface area contributed by atoms with E-state index < -0.39 is 0 Å². The molecule has 0 aliphatic carbocycles. The lowest BCUT2D eigenvalue weighted by molar-refractivity contribution is 0.103. The van der Waals surface area contributed by atoms with Crippen LogP contribution in [0.15, 0.2) is 73.3 Å². The molecule has 4 nitrogen and oxygen atoms in total. The minimum absolute atomic E-state index is 0.130. The number of rotatable bonds is 4. The van der Waals surface area contributed by atoms with E-state index in [4.69, 9.17) is 4.74 Å². The van der Waals surface area contributed by atoms with E-state index in [2.05, 4.69) is 9.97 Å². The molecule has 0 amide bonds. The Morgan fingerprint density at radius 2 is 1.52 bits per heavy atom. The Labute approximate surface area is 122 Å². The van der Waals surface area contributed by atoms with E-state index in [-0.39, 0.29) is 5.78 Å². The standard InChI is InChI=1S/C17H12N2O2/c20-17(14-10-18-12-19-11-14)13-5-4-8-16(9-13)21-15-6-2-1-3-7-15/h1-12H. The van der Waals surface area contributed by atoms with Gasteiger partial charge in [-0.25, -0.2) is 9.97 Å². The largest absolute Gasteiger partial charge is 0.457 e. The molecular formula is C17H12N2O2. The molecule has 0 atom stereocenters. The number of benzene rings is 2. The van der Waals surface area contributed by atoms with E-state index in [1.807, 2.05) is 36.4 Å². The molecule has 3 aromatic rings. The minimum atomic E-state index is -0.130. The van der Waals surface area contributed by atoms with Crippen LogP contribution in [0.25, 0.3) is 0 Å². The van der Waals surface area contributed by atoms with E-state index in [0.717, 1.165) is 5.75 Å². The zero-order chi connectivity index (χ0) is 14.5. The van der Waals surface area contributed by atoms with Crippen LogP contribution in [0.2, 0.25) is 0 Å². The highest BCUT2D eigenvalue weighted by Gasteiger charge is 2.10. The maximum atomic E-state index is 12.3. The first-order valence-electron chi connectivity index (χ1n) is 6.45. The highest BCUT2D eigenvalue weighted by Crippen LogP contribution is 2.22. The van der Waals surface area contributed by atoms with Gasteiger partial charge in [-0.05, 0) is 24.3 Å². The minimum Gasteiger partial charge on any atom is -0.457 e. The second-order valence-corrected chi connectivity index (χ2v) is 4.40. The summed E-state index contributed by atoms with van der Waals surface area (Å²) in [5, 5.41) is 0. The topological polar surface area (TPSA) is 52.1 Å². The Hall–Kier alpha value is -3.01. The van der Waals surface area contributed by atoms with Crippen molar-refractivity contribution in [3.63, 3.8) is 0 Å². The number of para-hydroxylation sites is 1. The predicted octanol–water partition coefficient (Wildman–Crippen LogP) is 3.50. The molecule has 0 unspecified atom stereocenters. The average Bonchev–Trinajstić information content (AvgIpc) is 2.56. The molecule has 102 valence electrons. The van der Waals surface area contributed by atoms with Crippen LogP contribution in [0.5, 0.6) is 11.5 Å². The van der Waals surface area contributed by atoms with Gasteiger partial charge in [0, 0.05) is 18.0 Å². The van der Waals surface area contributed by atoms with Gasteiger partial charge in [-0.2, -0.15) is 0 Å². The van der Waals surface area contributed by atoms with Gasteiger partial charge in [-0.1, -0.05) is 30.3 Å². The smallest absolute Gasteiger partial charge is 0.196 e. The lowest BCUT2D eigenvalue weighted by Gasteiger charge is -2.07. The number of carbonyl (C=O) groups is 1. The Morgan fingerprint density at radius 3 is 2.29 bits per heavy atom. The van der Waals surface area contributed by atoms with Crippen LogP contribution in [0.1, 0.15) is 15.9 Å². The number of hydrogen-bond donors (Lipinski definition) is 0. The Kier molecular flexibility index (Phi) is 3.69. The zero-order valence-electron chi connectivity index (χ0n) is 11.1. The highest BCUT2D eigenvalue weighted by atomic mass is 16.5. The average molecular weight is 276 g/mol. The molecule has 0 spiro atoms. The van der Waals surface area contributed by atoms with Crippen molar-refractivity contribution in [1.29, 1.82) is 0 Å². The maximum Gasteiger partial charge on any atom is 0.196 e. The van der Waals surface area contributed by atoms with E-state index in [0.29, 0.717) is 16.9 Å². The van der Waals surface area contributed by atoms with Crippen LogP contribution >= 0.6 is 0 Å². The van der Waals surface area contributed by atoms with Crippen molar-refractivity contribution in [2.45, 2.75) is 0 Å². The first-order chi connectivity index (χ1) is 10.3. The SMILES string of the molecule is O=C(c1cncnc1)c1cccc(Oc2ccccc2)c1. The van der Waals surface area contributed by atoms with Crippen molar-refractivity contribution >= 4 is 5.78 Å². The molecular weight excluding hydrogens is 264 g/mol. The van der Waals surface area contributed by atoms with Crippen LogP contribution in [0.4, 0.5) is 0 Å². The third-order valence-electron chi connectivity index (χ3n) is 2.90. The lowest BCUT2D eigenvalue weighted by Crippen LogP contribution is -2.02. The second kappa shape index (κ2) is 5.96. The Bertz CT molecular complexity index is 743. The van der Waals surface area contributed by atoms with E-state index in [1.54, 1.807) is 18.2 Å². The van der Waals surface area contributed by atoms with Crippen molar-refractivity contribution in [3.8, 4) is 11.5 Å². The molecule has 0 radical (unpaired) electrons. The normalized spacial score (nSPS) is 10.1. The second-order valence-electron chi connectivity index (χ2n) is 4.40. The molecule has 2 aromatic carbocycles. The zero-order valence-corrected chi connectivity index (χ0v) is 11.1. The van der Waals surface area contributed by atoms with Crippen molar-refractivity contribution < 1.29 is 9.53 Å². The van der Waals surface area contributed by atoms with E-state index in [1.165, 1.54) is 18.7 Å². The number of ether oxygens (including phenoxy) is 1. The summed E-state index contributed by atoms with van der Waals surface area (Å²) in [6.45, 7) is 0. The molecule has 0 N–H and O–H groups in total. The van der Waals surface area contributed by atoms with Gasteiger partial charge in [0.25, 0.3) is 0 Å². The molecule has 21 heavy (non-hydrogen) atoms. The van der Waals surface area contributed by atoms with Crippen LogP contribution < -0.4 is 4.74 Å². The van der Waals surface area contributed by atoms with Gasteiger partial charge in [0.15, 0.2) is 5.78 Å². The number of nitrogens with zero attached hydrogens (tertiary/aromatic N) is 2. The van der Waals surface area contributed by atoms with Crippen molar-refractivity contribution in [2.24, 2.45) is 0 Å². The summed E-state index contributed by atoms with van der Waals surface area (Å²) in [6, 6.07) is 16.5. The first-order valence-corrected chi connectivity index (χ1v) is 6.45. The number of aromatic nitrogens is 2. The summed E-state index contributed by atoms with van der Waals surface area (Å²) in [7, 11) is 0. The van der Waals surface area contributed by atoms with E-state index in [9.17, 15) is 4.79 Å². The molecule has 3 rings (SSSR count). The molecule has 1 heterocycles. The van der Waals surface area contributed by atoms with Gasteiger partial charge in [-0.3, -0.25) is 4.79 Å². The van der Waals surface area contributed by atoms with Crippen LogP contribution in [-0.2, 0) is 0 Å². The molecule has 1 aromatic heterocycles. The number of carbonyl (C=O) groups excluding carboxylic acids is 1. The van der Waals surface area contributed by atoms with Gasteiger partial charge in [0.2, 0.25) is 0 Å². The summed E-state index contributed by atoms with van der Waals surface area (Å²) in [5.74, 6) is 1.21. The third-order valence-corrected chi connectivity index (χ3v) is 2.90. The molecule has 0 fully saturated rings. The quantitative estimate of drug-likeness (QED) is 0.684. The van der Waals surface area contributed by atoms with Gasteiger partial charge in [0.05, 0.1) is 5.56 Å².